The Morgan fingerprint density at radius 1 is 1.15 bits per heavy atom. The second-order valence-electron chi connectivity index (χ2n) is 4.08. The summed E-state index contributed by atoms with van der Waals surface area (Å²) in [5.74, 6) is -1.26. The van der Waals surface area contributed by atoms with Gasteiger partial charge in [-0.3, -0.25) is 4.79 Å². The third-order valence-electron chi connectivity index (χ3n) is 2.78. The first-order valence-corrected chi connectivity index (χ1v) is 6.10. The maximum atomic E-state index is 12.2. The third kappa shape index (κ3) is 2.95. The molecule has 0 saturated heterocycles. The fourth-order valence-corrected chi connectivity index (χ4v) is 1.85. The Labute approximate surface area is 120 Å². The Kier molecular flexibility index (Phi) is 4.00. The lowest BCUT2D eigenvalue weighted by atomic mass is 10.2. The summed E-state index contributed by atoms with van der Waals surface area (Å²) in [5.41, 5.74) is 1.17. The van der Waals surface area contributed by atoms with Gasteiger partial charge in [-0.15, -0.1) is 0 Å². The molecule has 0 aliphatic carbocycles. The normalized spacial score (nSPS) is 10.1. The average Bonchev–Trinajstić information content (AvgIpc) is 2.46. The molecule has 0 saturated carbocycles. The van der Waals surface area contributed by atoms with Crippen LogP contribution in [0.5, 0.6) is 0 Å². The van der Waals surface area contributed by atoms with Gasteiger partial charge in [0.05, 0.1) is 5.56 Å². The van der Waals surface area contributed by atoms with Crippen LogP contribution in [0.15, 0.2) is 42.6 Å². The fraction of sp³-hybridized carbons (Fsp3) is 0.0714. The van der Waals surface area contributed by atoms with Gasteiger partial charge in [0, 0.05) is 24.5 Å². The summed E-state index contributed by atoms with van der Waals surface area (Å²) < 4.78 is 0. The van der Waals surface area contributed by atoms with Crippen molar-refractivity contribution in [3.63, 3.8) is 0 Å². The highest BCUT2D eigenvalue weighted by Crippen LogP contribution is 2.17. The maximum Gasteiger partial charge on any atom is 0.335 e. The van der Waals surface area contributed by atoms with Gasteiger partial charge in [-0.05, 0) is 36.4 Å². The maximum absolute atomic E-state index is 12.2. The number of anilines is 1. The van der Waals surface area contributed by atoms with E-state index in [2.05, 4.69) is 4.98 Å². The van der Waals surface area contributed by atoms with Crippen LogP contribution in [0.1, 0.15) is 20.7 Å². The molecule has 0 spiro atoms. The van der Waals surface area contributed by atoms with E-state index in [1.54, 1.807) is 25.2 Å². The Balaban J connectivity index is 2.24. The van der Waals surface area contributed by atoms with Crippen molar-refractivity contribution in [2.75, 3.05) is 11.9 Å². The molecule has 20 heavy (non-hydrogen) atoms. The van der Waals surface area contributed by atoms with Gasteiger partial charge in [-0.25, -0.2) is 9.78 Å². The molecular formula is C14H11ClN2O3. The molecule has 1 heterocycles. The van der Waals surface area contributed by atoms with Crippen LogP contribution in [0.4, 0.5) is 5.69 Å². The molecular weight excluding hydrogens is 280 g/mol. The SMILES string of the molecule is CN(C(=O)c1ccnc(Cl)c1)c1ccc(C(=O)O)cc1. The number of carbonyl (C=O) groups is 2. The van der Waals surface area contributed by atoms with Crippen LogP contribution in [-0.2, 0) is 0 Å². The molecule has 102 valence electrons. The highest BCUT2D eigenvalue weighted by Gasteiger charge is 2.14. The first-order chi connectivity index (χ1) is 9.49. The molecule has 5 nitrogen and oxygen atoms in total. The van der Waals surface area contributed by atoms with Crippen molar-refractivity contribution in [2.24, 2.45) is 0 Å². The summed E-state index contributed by atoms with van der Waals surface area (Å²) in [6.07, 6.45) is 1.46. The quantitative estimate of drug-likeness (QED) is 0.882. The van der Waals surface area contributed by atoms with Crippen molar-refractivity contribution in [3.8, 4) is 0 Å². The lowest BCUT2D eigenvalue weighted by molar-refractivity contribution is 0.0696. The number of aromatic carboxylic acids is 1. The summed E-state index contributed by atoms with van der Waals surface area (Å²) in [7, 11) is 1.60. The van der Waals surface area contributed by atoms with Crippen molar-refractivity contribution in [2.45, 2.75) is 0 Å². The highest BCUT2D eigenvalue weighted by molar-refractivity contribution is 6.29. The van der Waals surface area contributed by atoms with Gasteiger partial charge in [-0.2, -0.15) is 0 Å². The summed E-state index contributed by atoms with van der Waals surface area (Å²) >= 11 is 5.75. The predicted molar refractivity (Wildman–Crippen MR) is 75.4 cm³/mol. The van der Waals surface area contributed by atoms with E-state index >= 15 is 0 Å². The molecule has 0 atom stereocenters. The minimum atomic E-state index is -1.01. The Hall–Kier alpha value is -2.40. The molecule has 0 bridgehead atoms. The number of nitrogens with zero attached hydrogens (tertiary/aromatic N) is 2. The van der Waals surface area contributed by atoms with E-state index in [-0.39, 0.29) is 16.6 Å². The number of carbonyl (C=O) groups excluding carboxylic acids is 1. The molecule has 0 aliphatic rings. The number of halogens is 1. The fourth-order valence-electron chi connectivity index (χ4n) is 1.67. The first-order valence-electron chi connectivity index (χ1n) is 5.72. The Bertz CT molecular complexity index is 656. The summed E-state index contributed by atoms with van der Waals surface area (Å²) in [6.45, 7) is 0. The van der Waals surface area contributed by atoms with E-state index < -0.39 is 5.97 Å². The van der Waals surface area contributed by atoms with Gasteiger partial charge >= 0.3 is 5.97 Å². The summed E-state index contributed by atoms with van der Waals surface area (Å²) in [5, 5.41) is 9.07. The van der Waals surface area contributed by atoms with Crippen molar-refractivity contribution in [1.29, 1.82) is 0 Å². The van der Waals surface area contributed by atoms with Gasteiger partial charge in [0.1, 0.15) is 5.15 Å². The number of pyridine rings is 1. The number of aromatic nitrogens is 1. The second kappa shape index (κ2) is 5.71. The van der Waals surface area contributed by atoms with E-state index in [4.69, 9.17) is 16.7 Å². The topological polar surface area (TPSA) is 70.5 Å². The smallest absolute Gasteiger partial charge is 0.335 e. The van der Waals surface area contributed by atoms with Gasteiger partial charge in [0.15, 0.2) is 0 Å². The number of benzene rings is 1. The number of carboxylic acids is 1. The second-order valence-corrected chi connectivity index (χ2v) is 4.47. The zero-order valence-corrected chi connectivity index (χ0v) is 11.3. The molecule has 1 amide bonds. The molecule has 6 heteroatoms. The molecule has 0 radical (unpaired) electrons. The van der Waals surface area contributed by atoms with E-state index in [9.17, 15) is 9.59 Å². The van der Waals surface area contributed by atoms with Crippen LogP contribution in [0, 0.1) is 0 Å². The standard InChI is InChI=1S/C14H11ClN2O3/c1-17(11-4-2-9(3-5-11)14(19)20)13(18)10-6-7-16-12(15)8-10/h2-8H,1H3,(H,19,20). The Morgan fingerprint density at radius 3 is 2.35 bits per heavy atom. The monoisotopic (exact) mass is 290 g/mol. The molecule has 1 N–H and O–H groups in total. The number of carboxylic acid groups (broad SMARTS) is 1. The number of hydrogen-bond acceptors (Lipinski definition) is 3. The molecule has 1 aromatic heterocycles. The molecule has 0 unspecified atom stereocenters. The van der Waals surface area contributed by atoms with Gasteiger partial charge in [0.2, 0.25) is 0 Å². The van der Waals surface area contributed by atoms with Crippen LogP contribution >= 0.6 is 11.6 Å². The lowest BCUT2D eigenvalue weighted by Gasteiger charge is -2.17. The summed E-state index contributed by atoms with van der Waals surface area (Å²) in [4.78, 5) is 28.2. The van der Waals surface area contributed by atoms with Crippen LogP contribution in [0.2, 0.25) is 5.15 Å². The molecule has 2 aromatic rings. The van der Waals surface area contributed by atoms with Gasteiger partial charge in [-0.1, -0.05) is 11.6 Å². The molecule has 2 rings (SSSR count). The van der Waals surface area contributed by atoms with Crippen LogP contribution in [0.25, 0.3) is 0 Å². The predicted octanol–water partition coefficient (Wildman–Crippen LogP) is 2.71. The zero-order chi connectivity index (χ0) is 14.7. The van der Waals surface area contributed by atoms with Crippen LogP contribution < -0.4 is 4.90 Å². The molecule has 1 aromatic carbocycles. The molecule has 0 aliphatic heterocycles. The van der Waals surface area contributed by atoms with E-state index in [1.807, 2.05) is 0 Å². The van der Waals surface area contributed by atoms with E-state index in [1.165, 1.54) is 29.3 Å². The van der Waals surface area contributed by atoms with E-state index in [0.29, 0.717) is 11.3 Å². The average molecular weight is 291 g/mol. The third-order valence-corrected chi connectivity index (χ3v) is 2.99. The first kappa shape index (κ1) is 14.0. The minimum Gasteiger partial charge on any atom is -0.478 e. The van der Waals surface area contributed by atoms with Crippen molar-refractivity contribution in [3.05, 3.63) is 58.9 Å². The lowest BCUT2D eigenvalue weighted by Crippen LogP contribution is -2.26. The van der Waals surface area contributed by atoms with Crippen molar-refractivity contribution < 1.29 is 14.7 Å². The van der Waals surface area contributed by atoms with Crippen molar-refractivity contribution >= 4 is 29.2 Å². The number of hydrogen-bond donors (Lipinski definition) is 1. The van der Waals surface area contributed by atoms with E-state index in [0.717, 1.165) is 0 Å². The van der Waals surface area contributed by atoms with Crippen LogP contribution in [-0.4, -0.2) is 29.0 Å². The minimum absolute atomic E-state index is 0.168. The Morgan fingerprint density at radius 2 is 1.80 bits per heavy atom. The molecule has 0 fully saturated rings. The van der Waals surface area contributed by atoms with Crippen LogP contribution in [0.3, 0.4) is 0 Å². The largest absolute Gasteiger partial charge is 0.478 e. The highest BCUT2D eigenvalue weighted by atomic mass is 35.5. The summed E-state index contributed by atoms with van der Waals surface area (Å²) in [6, 6.07) is 9.08. The van der Waals surface area contributed by atoms with Gasteiger partial charge < -0.3 is 10.0 Å². The number of amides is 1. The number of rotatable bonds is 3. The van der Waals surface area contributed by atoms with Crippen molar-refractivity contribution in [1.82, 2.24) is 4.98 Å². The van der Waals surface area contributed by atoms with Gasteiger partial charge in [0.25, 0.3) is 5.91 Å². The zero-order valence-electron chi connectivity index (χ0n) is 10.6.